The molecule has 1 saturated heterocycles. The van der Waals surface area contributed by atoms with E-state index in [1.165, 1.54) is 0 Å². The average molecular weight is 246 g/mol. The maximum Gasteiger partial charge on any atom is 0.410 e. The van der Waals surface area contributed by atoms with Gasteiger partial charge in [-0.05, 0) is 33.0 Å². The van der Waals surface area contributed by atoms with Gasteiger partial charge in [0.1, 0.15) is 6.61 Å². The normalized spacial score (nSPS) is 18.1. The van der Waals surface area contributed by atoms with Crippen molar-refractivity contribution in [3.8, 4) is 0 Å². The second-order valence-corrected chi connectivity index (χ2v) is 4.29. The summed E-state index contributed by atoms with van der Waals surface area (Å²) in [6, 6.07) is 0.129. The number of ether oxygens (including phenoxy) is 1. The van der Waals surface area contributed by atoms with E-state index in [4.69, 9.17) is 14.9 Å². The SMILES string of the molecule is CN1CCC(N(CCO)C(=O)OCCO)CC1. The lowest BCUT2D eigenvalue weighted by Gasteiger charge is -2.36. The van der Waals surface area contributed by atoms with Crippen LogP contribution in [0, 0.1) is 0 Å². The second kappa shape index (κ2) is 7.47. The molecule has 0 spiro atoms. The van der Waals surface area contributed by atoms with E-state index in [0.717, 1.165) is 25.9 Å². The fraction of sp³-hybridized carbons (Fsp3) is 0.909. The van der Waals surface area contributed by atoms with E-state index in [1.807, 2.05) is 0 Å². The minimum Gasteiger partial charge on any atom is -0.447 e. The summed E-state index contributed by atoms with van der Waals surface area (Å²) in [5.41, 5.74) is 0. The molecule has 0 bridgehead atoms. The predicted molar refractivity (Wildman–Crippen MR) is 62.7 cm³/mol. The van der Waals surface area contributed by atoms with Crippen molar-refractivity contribution in [2.45, 2.75) is 18.9 Å². The Bertz CT molecular complexity index is 230. The molecule has 6 heteroatoms. The van der Waals surface area contributed by atoms with Gasteiger partial charge in [0.15, 0.2) is 0 Å². The van der Waals surface area contributed by atoms with Crippen LogP contribution in [0.2, 0.25) is 0 Å². The van der Waals surface area contributed by atoms with E-state index < -0.39 is 6.09 Å². The Balaban J connectivity index is 2.49. The molecule has 1 rings (SSSR count). The van der Waals surface area contributed by atoms with Crippen molar-refractivity contribution >= 4 is 6.09 Å². The van der Waals surface area contributed by atoms with Gasteiger partial charge in [-0.2, -0.15) is 0 Å². The minimum atomic E-state index is -0.442. The maximum atomic E-state index is 11.7. The Kier molecular flexibility index (Phi) is 6.25. The molecule has 100 valence electrons. The summed E-state index contributed by atoms with van der Waals surface area (Å²) in [4.78, 5) is 15.5. The number of nitrogens with zero attached hydrogens (tertiary/aromatic N) is 2. The third-order valence-corrected chi connectivity index (χ3v) is 3.02. The van der Waals surface area contributed by atoms with Gasteiger partial charge in [0.05, 0.1) is 13.2 Å². The average Bonchev–Trinajstić information content (AvgIpc) is 2.34. The van der Waals surface area contributed by atoms with Crippen LogP contribution in [0.15, 0.2) is 0 Å². The Labute approximate surface area is 102 Å². The number of amides is 1. The number of piperidine rings is 1. The smallest absolute Gasteiger partial charge is 0.410 e. The van der Waals surface area contributed by atoms with E-state index >= 15 is 0 Å². The Morgan fingerprint density at radius 1 is 1.35 bits per heavy atom. The lowest BCUT2D eigenvalue weighted by Crippen LogP contribution is -2.48. The quantitative estimate of drug-likeness (QED) is 0.684. The molecule has 1 aliphatic rings. The van der Waals surface area contributed by atoms with Crippen molar-refractivity contribution in [3.63, 3.8) is 0 Å². The standard InChI is InChI=1S/C11H22N2O4/c1-12-4-2-10(3-5-12)13(6-7-14)11(16)17-9-8-15/h10,14-15H,2-9H2,1H3. The van der Waals surface area contributed by atoms with E-state index in [9.17, 15) is 4.79 Å². The molecule has 2 N–H and O–H groups in total. The lowest BCUT2D eigenvalue weighted by molar-refractivity contribution is 0.0502. The molecule has 17 heavy (non-hydrogen) atoms. The number of hydrogen-bond acceptors (Lipinski definition) is 5. The minimum absolute atomic E-state index is 0.00733. The zero-order valence-corrected chi connectivity index (χ0v) is 10.3. The van der Waals surface area contributed by atoms with E-state index in [1.54, 1.807) is 4.90 Å². The van der Waals surface area contributed by atoms with E-state index in [2.05, 4.69) is 11.9 Å². The van der Waals surface area contributed by atoms with Gasteiger partial charge in [0.2, 0.25) is 0 Å². The molecule has 0 aromatic heterocycles. The summed E-state index contributed by atoms with van der Waals surface area (Å²) in [5, 5.41) is 17.6. The highest BCUT2D eigenvalue weighted by Crippen LogP contribution is 2.16. The molecule has 0 aromatic carbocycles. The maximum absolute atomic E-state index is 11.7. The molecule has 0 aliphatic carbocycles. The van der Waals surface area contributed by atoms with Crippen molar-refractivity contribution < 1.29 is 19.7 Å². The largest absolute Gasteiger partial charge is 0.447 e. The highest BCUT2D eigenvalue weighted by Gasteiger charge is 2.27. The fourth-order valence-corrected chi connectivity index (χ4v) is 2.05. The van der Waals surface area contributed by atoms with E-state index in [0.29, 0.717) is 6.54 Å². The Morgan fingerprint density at radius 3 is 2.53 bits per heavy atom. The third kappa shape index (κ3) is 4.49. The van der Waals surface area contributed by atoms with Gasteiger partial charge in [-0.25, -0.2) is 4.79 Å². The van der Waals surface area contributed by atoms with Crippen molar-refractivity contribution in [2.24, 2.45) is 0 Å². The molecule has 0 radical (unpaired) electrons. The van der Waals surface area contributed by atoms with Gasteiger partial charge < -0.3 is 24.7 Å². The highest BCUT2D eigenvalue weighted by atomic mass is 16.6. The molecule has 1 amide bonds. The first kappa shape index (κ1) is 14.2. The number of aliphatic hydroxyl groups excluding tert-OH is 2. The zero-order chi connectivity index (χ0) is 12.7. The van der Waals surface area contributed by atoms with Gasteiger partial charge >= 0.3 is 6.09 Å². The van der Waals surface area contributed by atoms with Crippen molar-refractivity contribution in [1.29, 1.82) is 0 Å². The topological polar surface area (TPSA) is 73.2 Å². The summed E-state index contributed by atoms with van der Waals surface area (Å²) in [6.45, 7) is 1.94. The summed E-state index contributed by atoms with van der Waals surface area (Å²) in [7, 11) is 2.05. The zero-order valence-electron chi connectivity index (χ0n) is 10.3. The number of aliphatic hydroxyl groups is 2. The van der Waals surface area contributed by atoms with Crippen LogP contribution in [0.3, 0.4) is 0 Å². The van der Waals surface area contributed by atoms with Crippen LogP contribution in [0.4, 0.5) is 4.79 Å². The van der Waals surface area contributed by atoms with Crippen LogP contribution in [0.1, 0.15) is 12.8 Å². The third-order valence-electron chi connectivity index (χ3n) is 3.02. The first-order chi connectivity index (χ1) is 8.19. The van der Waals surface area contributed by atoms with Crippen LogP contribution >= 0.6 is 0 Å². The second-order valence-electron chi connectivity index (χ2n) is 4.29. The van der Waals surface area contributed by atoms with Gasteiger partial charge in [0, 0.05) is 12.6 Å². The highest BCUT2D eigenvalue weighted by molar-refractivity contribution is 5.68. The molecule has 0 saturated carbocycles. The summed E-state index contributed by atoms with van der Waals surface area (Å²) in [6.07, 6.45) is 1.35. The summed E-state index contributed by atoms with van der Waals surface area (Å²) < 4.78 is 4.90. The monoisotopic (exact) mass is 246 g/mol. The first-order valence-electron chi connectivity index (χ1n) is 6.02. The first-order valence-corrected chi connectivity index (χ1v) is 6.02. The summed E-state index contributed by atoms with van der Waals surface area (Å²) in [5.74, 6) is 0. The van der Waals surface area contributed by atoms with Crippen LogP contribution in [0.25, 0.3) is 0 Å². The Hall–Kier alpha value is -0.850. The molecular weight excluding hydrogens is 224 g/mol. The number of carbonyl (C=O) groups is 1. The van der Waals surface area contributed by atoms with Crippen molar-refractivity contribution in [2.75, 3.05) is 46.5 Å². The molecule has 1 aliphatic heterocycles. The summed E-state index contributed by atoms with van der Waals surface area (Å²) >= 11 is 0. The van der Waals surface area contributed by atoms with Gasteiger partial charge in [-0.3, -0.25) is 0 Å². The molecule has 6 nitrogen and oxygen atoms in total. The Morgan fingerprint density at radius 2 is 2.00 bits per heavy atom. The van der Waals surface area contributed by atoms with Crippen LogP contribution in [-0.4, -0.2) is 78.7 Å². The molecule has 1 heterocycles. The van der Waals surface area contributed by atoms with Crippen molar-refractivity contribution in [1.82, 2.24) is 9.80 Å². The molecule has 0 unspecified atom stereocenters. The van der Waals surface area contributed by atoms with E-state index in [-0.39, 0.29) is 25.9 Å². The van der Waals surface area contributed by atoms with Gasteiger partial charge in [-0.1, -0.05) is 0 Å². The fourth-order valence-electron chi connectivity index (χ4n) is 2.05. The number of rotatable bonds is 5. The van der Waals surface area contributed by atoms with Gasteiger partial charge in [-0.15, -0.1) is 0 Å². The molecule has 0 aromatic rings. The molecule has 1 fully saturated rings. The molecule has 0 atom stereocenters. The van der Waals surface area contributed by atoms with Crippen LogP contribution in [-0.2, 0) is 4.74 Å². The van der Waals surface area contributed by atoms with Crippen molar-refractivity contribution in [3.05, 3.63) is 0 Å². The lowest BCUT2D eigenvalue weighted by atomic mass is 10.0. The van der Waals surface area contributed by atoms with Gasteiger partial charge in [0.25, 0.3) is 0 Å². The number of likely N-dealkylation sites (tertiary alicyclic amines) is 1. The van der Waals surface area contributed by atoms with Crippen LogP contribution in [0.5, 0.6) is 0 Å². The number of hydrogen-bond donors (Lipinski definition) is 2. The number of carbonyl (C=O) groups excluding carboxylic acids is 1. The predicted octanol–water partition coefficient (Wildman–Crippen LogP) is -0.496. The van der Waals surface area contributed by atoms with Crippen LogP contribution < -0.4 is 0 Å². The molecular formula is C11H22N2O4.